The number of carbonyl (C=O) groups is 1. The van der Waals surface area contributed by atoms with E-state index in [0.29, 0.717) is 11.3 Å². The highest BCUT2D eigenvalue weighted by atomic mass is 16.5. The lowest BCUT2D eigenvalue weighted by atomic mass is 10.2. The van der Waals surface area contributed by atoms with E-state index in [-0.39, 0.29) is 5.69 Å². The van der Waals surface area contributed by atoms with Gasteiger partial charge in [-0.1, -0.05) is 12.1 Å². The van der Waals surface area contributed by atoms with Gasteiger partial charge in [-0.3, -0.25) is 0 Å². The largest absolute Gasteiger partial charge is 0.464 e. The fourth-order valence-electron chi connectivity index (χ4n) is 1.68. The third kappa shape index (κ3) is 1.96. The SMILES string of the molecule is COC(=O)c1cc(C)n(-c2ccccc2C#N)n1. The maximum atomic E-state index is 11.4. The number of para-hydroxylation sites is 1. The van der Waals surface area contributed by atoms with Crippen molar-refractivity contribution in [3.8, 4) is 11.8 Å². The van der Waals surface area contributed by atoms with Crippen LogP contribution in [0.3, 0.4) is 0 Å². The quantitative estimate of drug-likeness (QED) is 0.752. The van der Waals surface area contributed by atoms with E-state index < -0.39 is 5.97 Å². The van der Waals surface area contributed by atoms with Crippen molar-refractivity contribution < 1.29 is 9.53 Å². The lowest BCUT2D eigenvalue weighted by Gasteiger charge is -2.05. The molecule has 5 heteroatoms. The van der Waals surface area contributed by atoms with Gasteiger partial charge in [-0.2, -0.15) is 10.4 Å². The van der Waals surface area contributed by atoms with E-state index in [1.165, 1.54) is 7.11 Å². The first-order chi connectivity index (χ1) is 8.67. The lowest BCUT2D eigenvalue weighted by Crippen LogP contribution is -2.05. The van der Waals surface area contributed by atoms with E-state index in [1.54, 1.807) is 28.9 Å². The van der Waals surface area contributed by atoms with Crippen LogP contribution in [0.15, 0.2) is 30.3 Å². The smallest absolute Gasteiger partial charge is 0.358 e. The molecular formula is C13H11N3O2. The van der Waals surface area contributed by atoms with E-state index in [1.807, 2.05) is 13.0 Å². The monoisotopic (exact) mass is 241 g/mol. The second-order valence-electron chi connectivity index (χ2n) is 3.70. The molecule has 0 saturated heterocycles. The zero-order valence-corrected chi connectivity index (χ0v) is 10.0. The molecule has 0 saturated carbocycles. The van der Waals surface area contributed by atoms with Gasteiger partial charge in [0.05, 0.1) is 18.4 Å². The number of ether oxygens (including phenoxy) is 1. The number of aromatic nitrogens is 2. The summed E-state index contributed by atoms with van der Waals surface area (Å²) in [5, 5.41) is 13.2. The molecule has 0 bridgehead atoms. The highest BCUT2D eigenvalue weighted by molar-refractivity contribution is 5.87. The van der Waals surface area contributed by atoms with Crippen molar-refractivity contribution in [2.45, 2.75) is 6.92 Å². The Kier molecular flexibility index (Phi) is 3.11. The summed E-state index contributed by atoms with van der Waals surface area (Å²) in [4.78, 5) is 11.4. The van der Waals surface area contributed by atoms with Crippen molar-refractivity contribution in [2.24, 2.45) is 0 Å². The first kappa shape index (κ1) is 11.9. The second-order valence-corrected chi connectivity index (χ2v) is 3.70. The molecule has 0 atom stereocenters. The average Bonchev–Trinajstić information content (AvgIpc) is 2.79. The number of hydrogen-bond donors (Lipinski definition) is 0. The summed E-state index contributed by atoms with van der Waals surface area (Å²) in [6.45, 7) is 1.81. The molecule has 5 nitrogen and oxygen atoms in total. The summed E-state index contributed by atoms with van der Waals surface area (Å²) in [5.74, 6) is -0.494. The maximum absolute atomic E-state index is 11.4. The standard InChI is InChI=1S/C13H11N3O2/c1-9-7-11(13(17)18-2)15-16(9)12-6-4-3-5-10(12)8-14/h3-7H,1-2H3. The summed E-state index contributed by atoms with van der Waals surface area (Å²) in [5.41, 5.74) is 2.13. The predicted octanol–water partition coefficient (Wildman–Crippen LogP) is 1.84. The van der Waals surface area contributed by atoms with Gasteiger partial charge in [0.15, 0.2) is 5.69 Å². The normalized spacial score (nSPS) is 9.83. The van der Waals surface area contributed by atoms with E-state index in [0.717, 1.165) is 5.69 Å². The number of nitriles is 1. The third-order valence-corrected chi connectivity index (χ3v) is 2.53. The number of hydrogen-bond acceptors (Lipinski definition) is 4. The van der Waals surface area contributed by atoms with Crippen molar-refractivity contribution in [3.63, 3.8) is 0 Å². The number of methoxy groups -OCH3 is 1. The molecule has 0 N–H and O–H groups in total. The Morgan fingerprint density at radius 3 is 2.83 bits per heavy atom. The number of carbonyl (C=O) groups excluding carboxylic acids is 1. The average molecular weight is 241 g/mol. The van der Waals surface area contributed by atoms with Crippen LogP contribution in [-0.4, -0.2) is 22.9 Å². The molecule has 0 amide bonds. The number of esters is 1. The van der Waals surface area contributed by atoms with Crippen LogP contribution in [-0.2, 0) is 4.74 Å². The van der Waals surface area contributed by atoms with Gasteiger partial charge in [-0.25, -0.2) is 9.48 Å². The van der Waals surface area contributed by atoms with Gasteiger partial charge in [-0.05, 0) is 25.1 Å². The number of benzene rings is 1. The summed E-state index contributed by atoms with van der Waals surface area (Å²) in [6, 6.07) is 10.8. The fraction of sp³-hybridized carbons (Fsp3) is 0.154. The Morgan fingerprint density at radius 1 is 1.44 bits per heavy atom. The molecule has 0 aliphatic rings. The summed E-state index contributed by atoms with van der Waals surface area (Å²) in [6.07, 6.45) is 0. The van der Waals surface area contributed by atoms with Crippen LogP contribution >= 0.6 is 0 Å². The van der Waals surface area contributed by atoms with Crippen LogP contribution in [0.2, 0.25) is 0 Å². The van der Waals surface area contributed by atoms with Crippen LogP contribution in [0.4, 0.5) is 0 Å². The number of rotatable bonds is 2. The molecular weight excluding hydrogens is 230 g/mol. The van der Waals surface area contributed by atoms with Gasteiger partial charge in [0, 0.05) is 5.69 Å². The van der Waals surface area contributed by atoms with E-state index >= 15 is 0 Å². The van der Waals surface area contributed by atoms with Crippen LogP contribution in [0.1, 0.15) is 21.7 Å². The first-order valence-electron chi connectivity index (χ1n) is 5.32. The molecule has 1 aromatic heterocycles. The number of aryl methyl sites for hydroxylation is 1. The maximum Gasteiger partial charge on any atom is 0.358 e. The van der Waals surface area contributed by atoms with Crippen LogP contribution in [0.25, 0.3) is 5.69 Å². The van der Waals surface area contributed by atoms with E-state index in [4.69, 9.17) is 5.26 Å². The molecule has 18 heavy (non-hydrogen) atoms. The molecule has 0 aliphatic carbocycles. The number of nitrogens with zero attached hydrogens (tertiary/aromatic N) is 3. The van der Waals surface area contributed by atoms with E-state index in [9.17, 15) is 4.79 Å². The Bertz CT molecular complexity index is 638. The van der Waals surface area contributed by atoms with Gasteiger partial charge in [0.2, 0.25) is 0 Å². The minimum atomic E-state index is -0.494. The van der Waals surface area contributed by atoms with Gasteiger partial charge in [-0.15, -0.1) is 0 Å². The molecule has 90 valence electrons. The van der Waals surface area contributed by atoms with Crippen LogP contribution in [0, 0.1) is 18.3 Å². The first-order valence-corrected chi connectivity index (χ1v) is 5.32. The third-order valence-electron chi connectivity index (χ3n) is 2.53. The molecule has 0 aliphatic heterocycles. The van der Waals surface area contributed by atoms with Crippen molar-refractivity contribution in [2.75, 3.05) is 7.11 Å². The minimum Gasteiger partial charge on any atom is -0.464 e. The zero-order chi connectivity index (χ0) is 13.1. The van der Waals surface area contributed by atoms with Crippen molar-refractivity contribution in [1.82, 2.24) is 9.78 Å². The Hall–Kier alpha value is -2.61. The summed E-state index contributed by atoms with van der Waals surface area (Å²) < 4.78 is 6.18. The highest BCUT2D eigenvalue weighted by Gasteiger charge is 2.14. The van der Waals surface area contributed by atoms with Gasteiger partial charge in [0.1, 0.15) is 6.07 Å². The van der Waals surface area contributed by atoms with E-state index in [2.05, 4.69) is 15.9 Å². The Labute approximate surface area is 104 Å². The lowest BCUT2D eigenvalue weighted by molar-refractivity contribution is 0.0593. The van der Waals surface area contributed by atoms with Crippen molar-refractivity contribution in [3.05, 3.63) is 47.3 Å². The summed E-state index contributed by atoms with van der Waals surface area (Å²) >= 11 is 0. The van der Waals surface area contributed by atoms with Crippen molar-refractivity contribution in [1.29, 1.82) is 5.26 Å². The zero-order valence-electron chi connectivity index (χ0n) is 10.0. The van der Waals surface area contributed by atoms with Gasteiger partial charge >= 0.3 is 5.97 Å². The predicted molar refractivity (Wildman–Crippen MR) is 64.4 cm³/mol. The molecule has 1 aromatic carbocycles. The Morgan fingerprint density at radius 2 is 2.17 bits per heavy atom. The molecule has 0 radical (unpaired) electrons. The molecule has 2 aromatic rings. The Balaban J connectivity index is 2.55. The minimum absolute atomic E-state index is 0.225. The van der Waals surface area contributed by atoms with Crippen molar-refractivity contribution >= 4 is 5.97 Å². The summed E-state index contributed by atoms with van der Waals surface area (Å²) in [7, 11) is 1.31. The van der Waals surface area contributed by atoms with Gasteiger partial charge in [0.25, 0.3) is 0 Å². The highest BCUT2D eigenvalue weighted by Crippen LogP contribution is 2.16. The van der Waals surface area contributed by atoms with Crippen LogP contribution < -0.4 is 0 Å². The molecule has 2 rings (SSSR count). The molecule has 0 fully saturated rings. The van der Waals surface area contributed by atoms with Gasteiger partial charge < -0.3 is 4.74 Å². The fourth-order valence-corrected chi connectivity index (χ4v) is 1.68. The molecule has 0 spiro atoms. The van der Waals surface area contributed by atoms with Crippen LogP contribution in [0.5, 0.6) is 0 Å². The second kappa shape index (κ2) is 4.72. The molecule has 1 heterocycles. The molecule has 0 unspecified atom stereocenters. The topological polar surface area (TPSA) is 67.9 Å².